The molecule has 2 heterocycles. The van der Waals surface area contributed by atoms with Gasteiger partial charge in [-0.2, -0.15) is 0 Å². The Morgan fingerprint density at radius 2 is 1.88 bits per heavy atom. The van der Waals surface area contributed by atoms with Crippen molar-refractivity contribution in [1.29, 1.82) is 0 Å². The number of nitrogens with one attached hydrogen (secondary N) is 2. The molecule has 1 aromatic heterocycles. The zero-order chi connectivity index (χ0) is 31.6. The second kappa shape index (κ2) is 16.9. The average molecular weight is 610 g/mol. The van der Waals surface area contributed by atoms with E-state index >= 15 is 0 Å². The minimum Gasteiger partial charge on any atom is -0.444 e. The molecule has 0 aliphatic carbocycles. The largest absolute Gasteiger partial charge is 0.444 e. The average Bonchev–Trinajstić information content (AvgIpc) is 3.44. The van der Waals surface area contributed by atoms with Gasteiger partial charge in [-0.3, -0.25) is 24.1 Å². The van der Waals surface area contributed by atoms with E-state index in [0.717, 1.165) is 25.8 Å². The van der Waals surface area contributed by atoms with Gasteiger partial charge in [-0.15, -0.1) is 11.3 Å². The first-order valence-electron chi connectivity index (χ1n) is 15.1. The summed E-state index contributed by atoms with van der Waals surface area (Å²) >= 11 is 1.17. The van der Waals surface area contributed by atoms with Gasteiger partial charge >= 0.3 is 5.97 Å². The summed E-state index contributed by atoms with van der Waals surface area (Å²) in [6, 6.07) is -1.69. The van der Waals surface area contributed by atoms with Crippen molar-refractivity contribution in [3.05, 3.63) is 16.1 Å². The molecule has 0 unspecified atom stereocenters. The first-order chi connectivity index (χ1) is 19.8. The Kier molecular flexibility index (Phi) is 14.3. The van der Waals surface area contributed by atoms with Crippen molar-refractivity contribution in [1.82, 2.24) is 25.4 Å². The predicted octanol–water partition coefficient (Wildman–Crippen LogP) is 3.34. The third-order valence-corrected chi connectivity index (χ3v) is 8.92. The molecule has 0 radical (unpaired) electrons. The van der Waals surface area contributed by atoms with Crippen LogP contribution in [0.5, 0.6) is 0 Å². The summed E-state index contributed by atoms with van der Waals surface area (Å²) in [5.41, 5.74) is 0.209. The maximum atomic E-state index is 14.3. The van der Waals surface area contributed by atoms with Gasteiger partial charge in [-0.05, 0) is 44.2 Å². The van der Waals surface area contributed by atoms with Gasteiger partial charge < -0.3 is 25.4 Å². The van der Waals surface area contributed by atoms with Crippen LogP contribution in [0.2, 0.25) is 0 Å². The monoisotopic (exact) mass is 609 g/mol. The fourth-order valence-electron chi connectivity index (χ4n) is 5.14. The van der Waals surface area contributed by atoms with Crippen LogP contribution in [0, 0.1) is 17.8 Å². The van der Waals surface area contributed by atoms with Crippen LogP contribution in [0.25, 0.3) is 0 Å². The van der Waals surface area contributed by atoms with Gasteiger partial charge in [0.1, 0.15) is 22.8 Å². The number of hydrogen-bond donors (Lipinski definition) is 3. The SMILES string of the molecule is CC[C@H](C)[C@H](NC(=O)[C@H]1CCCCN1C)C(=O)N(COC(=O)CC(C)C)[C@H](C[C@@H](O)c1nc(C(=O)NC)cs1)C(C)C. The highest BCUT2D eigenvalue weighted by Gasteiger charge is 2.38. The number of esters is 1. The fraction of sp³-hybridized carbons (Fsp3) is 0.767. The first kappa shape index (κ1) is 35.6. The van der Waals surface area contributed by atoms with Crippen LogP contribution in [0.1, 0.15) is 102 Å². The van der Waals surface area contributed by atoms with Crippen LogP contribution < -0.4 is 10.6 Å². The summed E-state index contributed by atoms with van der Waals surface area (Å²) in [7, 11) is 3.43. The summed E-state index contributed by atoms with van der Waals surface area (Å²) in [5.74, 6) is -1.55. The van der Waals surface area contributed by atoms with Gasteiger partial charge in [0.05, 0.1) is 6.04 Å². The van der Waals surface area contributed by atoms with E-state index in [0.29, 0.717) is 11.4 Å². The van der Waals surface area contributed by atoms with E-state index in [9.17, 15) is 24.3 Å². The number of likely N-dealkylation sites (N-methyl/N-ethyl adjacent to an activating group) is 1. The van der Waals surface area contributed by atoms with Gasteiger partial charge in [0.25, 0.3) is 5.91 Å². The zero-order valence-corrected chi connectivity index (χ0v) is 27.3. The van der Waals surface area contributed by atoms with Crippen LogP contribution in [-0.4, -0.2) is 89.1 Å². The summed E-state index contributed by atoms with van der Waals surface area (Å²) in [6.45, 7) is 12.1. The van der Waals surface area contributed by atoms with Gasteiger partial charge in [-0.1, -0.05) is 54.4 Å². The zero-order valence-electron chi connectivity index (χ0n) is 26.5. The number of amides is 3. The molecule has 238 valence electrons. The Hall–Kier alpha value is -2.57. The number of aromatic nitrogens is 1. The summed E-state index contributed by atoms with van der Waals surface area (Å²) in [5, 5.41) is 18.7. The van der Waals surface area contributed by atoms with E-state index < -0.39 is 24.2 Å². The third-order valence-electron chi connectivity index (χ3n) is 7.97. The Morgan fingerprint density at radius 3 is 2.45 bits per heavy atom. The summed E-state index contributed by atoms with van der Waals surface area (Å²) < 4.78 is 5.60. The molecule has 5 atom stereocenters. The molecule has 0 bridgehead atoms. The smallest absolute Gasteiger partial charge is 0.307 e. The highest BCUT2D eigenvalue weighted by atomic mass is 32.1. The number of carbonyl (C=O) groups is 4. The number of aliphatic hydroxyl groups excluding tert-OH is 1. The molecule has 0 saturated carbocycles. The molecular formula is C30H51N5O6S. The second-order valence-corrected chi connectivity index (χ2v) is 13.0. The van der Waals surface area contributed by atoms with Crippen molar-refractivity contribution in [2.75, 3.05) is 27.4 Å². The molecule has 3 amide bonds. The topological polar surface area (TPSA) is 141 Å². The molecule has 3 N–H and O–H groups in total. The van der Waals surface area contributed by atoms with Crippen molar-refractivity contribution in [3.8, 4) is 0 Å². The molecule has 0 spiro atoms. The van der Waals surface area contributed by atoms with Crippen LogP contribution >= 0.6 is 11.3 Å². The van der Waals surface area contributed by atoms with Crippen molar-refractivity contribution < 1.29 is 29.0 Å². The maximum absolute atomic E-state index is 14.3. The van der Waals surface area contributed by atoms with Gasteiger partial charge in [0, 0.05) is 31.3 Å². The third kappa shape index (κ3) is 10.0. The molecule has 2 rings (SSSR count). The van der Waals surface area contributed by atoms with Crippen LogP contribution in [0.15, 0.2) is 5.38 Å². The van der Waals surface area contributed by atoms with Gasteiger partial charge in [0.2, 0.25) is 11.8 Å². The normalized spacial score (nSPS) is 18.7. The van der Waals surface area contributed by atoms with E-state index in [4.69, 9.17) is 4.74 Å². The van der Waals surface area contributed by atoms with Crippen LogP contribution in [0.4, 0.5) is 0 Å². The molecule has 1 aromatic rings. The van der Waals surface area contributed by atoms with Gasteiger partial charge in [0.15, 0.2) is 6.73 Å². The molecule has 12 heteroatoms. The highest BCUT2D eigenvalue weighted by molar-refractivity contribution is 7.09. The van der Waals surface area contributed by atoms with E-state index in [2.05, 4.69) is 15.6 Å². The predicted molar refractivity (Wildman–Crippen MR) is 163 cm³/mol. The van der Waals surface area contributed by atoms with E-state index in [1.165, 1.54) is 23.3 Å². The van der Waals surface area contributed by atoms with E-state index in [1.807, 2.05) is 53.5 Å². The standard InChI is InChI=1S/C30H51N5O6S/c1-9-20(6)26(33-28(39)22-12-10-11-13-34(22)8)30(40)35(17-41-25(37)14-18(2)3)23(19(4)5)15-24(36)29-32-21(16-42-29)27(38)31-7/h16,18-20,22-24,26,36H,9-15,17H2,1-8H3,(H,31,38)(H,33,39)/t20-,22+,23+,24+,26-/m0/s1. The molecule has 0 aromatic carbocycles. The number of ether oxygens (including phenoxy) is 1. The Balaban J connectivity index is 2.38. The van der Waals surface area contributed by atoms with Crippen molar-refractivity contribution >= 4 is 35.0 Å². The quantitative estimate of drug-likeness (QED) is 0.203. The maximum Gasteiger partial charge on any atom is 0.307 e. The number of rotatable bonds is 15. The number of nitrogens with zero attached hydrogens (tertiary/aromatic N) is 3. The van der Waals surface area contributed by atoms with E-state index in [1.54, 1.807) is 5.38 Å². The fourth-order valence-corrected chi connectivity index (χ4v) is 5.93. The molecule has 1 fully saturated rings. The number of thiazole rings is 1. The Bertz CT molecular complexity index is 1050. The molecule has 1 aliphatic heterocycles. The number of piperidine rings is 1. The van der Waals surface area contributed by atoms with Crippen LogP contribution in [-0.2, 0) is 19.1 Å². The number of hydrogen-bond acceptors (Lipinski definition) is 9. The van der Waals surface area contributed by atoms with Crippen molar-refractivity contribution in [3.63, 3.8) is 0 Å². The lowest BCUT2D eigenvalue weighted by Crippen LogP contribution is -2.59. The van der Waals surface area contributed by atoms with Crippen LogP contribution in [0.3, 0.4) is 0 Å². The minimum atomic E-state index is -1.06. The molecular weight excluding hydrogens is 558 g/mol. The summed E-state index contributed by atoms with van der Waals surface area (Å²) in [4.78, 5) is 60.1. The molecule has 1 saturated heterocycles. The summed E-state index contributed by atoms with van der Waals surface area (Å²) in [6.07, 6.45) is 2.62. The van der Waals surface area contributed by atoms with E-state index in [-0.39, 0.29) is 66.8 Å². The van der Waals surface area contributed by atoms with Gasteiger partial charge in [-0.25, -0.2) is 4.98 Å². The molecule has 42 heavy (non-hydrogen) atoms. The number of aliphatic hydroxyl groups is 1. The second-order valence-electron chi connectivity index (χ2n) is 12.1. The highest BCUT2D eigenvalue weighted by Crippen LogP contribution is 2.29. The van der Waals surface area contributed by atoms with Crippen molar-refractivity contribution in [2.45, 2.75) is 104 Å². The molecule has 1 aliphatic rings. The lowest BCUT2D eigenvalue weighted by atomic mass is 9.92. The number of carbonyl (C=O) groups excluding carboxylic acids is 4. The molecule has 11 nitrogen and oxygen atoms in total. The Labute approximate surface area is 254 Å². The van der Waals surface area contributed by atoms with Crippen molar-refractivity contribution in [2.24, 2.45) is 17.8 Å². The minimum absolute atomic E-state index is 0.0865. The number of likely N-dealkylation sites (tertiary alicyclic amines) is 1. The lowest BCUT2D eigenvalue weighted by molar-refractivity contribution is -0.160. The first-order valence-corrected chi connectivity index (χ1v) is 16.0. The lowest BCUT2D eigenvalue weighted by Gasteiger charge is -2.39. The Morgan fingerprint density at radius 1 is 1.19 bits per heavy atom.